The molecule has 4 aromatic rings. The van der Waals surface area contributed by atoms with E-state index >= 15 is 0 Å². The third-order valence-electron chi connectivity index (χ3n) is 6.83. The molecule has 1 aromatic heterocycles. The van der Waals surface area contributed by atoms with Gasteiger partial charge in [-0.1, -0.05) is 12.1 Å². The van der Waals surface area contributed by atoms with E-state index in [1.165, 1.54) is 10.4 Å². The molecule has 5 N–H and O–H groups in total. The average molecular weight is 638 g/mol. The summed E-state index contributed by atoms with van der Waals surface area (Å²) in [7, 11) is -7.60. The summed E-state index contributed by atoms with van der Waals surface area (Å²) < 4.78 is 56.5. The third kappa shape index (κ3) is 7.20. The van der Waals surface area contributed by atoms with E-state index in [0.29, 0.717) is 60.3 Å². The topological polar surface area (TPSA) is 186 Å². The minimum atomic E-state index is -3.93. The minimum Gasteiger partial charge on any atom is -0.379 e. The Hall–Kier alpha value is -4.41. The van der Waals surface area contributed by atoms with Crippen LogP contribution >= 0.6 is 0 Å². The molecule has 13 nitrogen and oxygen atoms in total. The van der Waals surface area contributed by atoms with Crippen LogP contribution in [0.5, 0.6) is 0 Å². The zero-order valence-electron chi connectivity index (χ0n) is 23.9. The van der Waals surface area contributed by atoms with Crippen molar-refractivity contribution in [3.8, 4) is 0 Å². The lowest BCUT2D eigenvalue weighted by Gasteiger charge is -2.26. The number of nitrogens with two attached hydrogens (primary N) is 1. The van der Waals surface area contributed by atoms with Crippen molar-refractivity contribution in [2.24, 2.45) is 5.14 Å². The molecule has 1 fully saturated rings. The summed E-state index contributed by atoms with van der Waals surface area (Å²) in [6.45, 7) is 4.78. The fraction of sp³-hybridized carbons (Fsp3) is 0.207. The van der Waals surface area contributed by atoms with Crippen LogP contribution in [0.1, 0.15) is 21.5 Å². The average Bonchev–Trinajstić information content (AvgIpc) is 3.00. The molecular formula is C29H31N7O6S2. The number of nitrogens with zero attached hydrogens (tertiary/aromatic N) is 3. The number of hydrogen-bond donors (Lipinski definition) is 4. The number of nitrogens with one attached hydrogen (secondary N) is 3. The van der Waals surface area contributed by atoms with Crippen LogP contribution < -0.4 is 21.1 Å². The van der Waals surface area contributed by atoms with Crippen LogP contribution in [0.25, 0.3) is 0 Å². The number of benzene rings is 3. The molecule has 3 aromatic carbocycles. The van der Waals surface area contributed by atoms with Crippen LogP contribution in [0.4, 0.5) is 28.8 Å². The normalized spacial score (nSPS) is 14.2. The van der Waals surface area contributed by atoms with Gasteiger partial charge in [0, 0.05) is 47.5 Å². The number of amides is 1. The smallest absolute Gasteiger partial charge is 0.255 e. The maximum atomic E-state index is 13.1. The molecule has 2 heterocycles. The van der Waals surface area contributed by atoms with Crippen molar-refractivity contribution >= 4 is 54.8 Å². The SMILES string of the molecule is Cc1ccc(NC(=O)c2ccc(Nc3ncc(C)c(Nc4cccc(S(=O)(=O)N5CCOCC5)c4)n3)cc2)cc1S(N)(=O)=O. The summed E-state index contributed by atoms with van der Waals surface area (Å²) in [5, 5.41) is 14.2. The predicted octanol–water partition coefficient (Wildman–Crippen LogP) is 3.50. The molecule has 0 bridgehead atoms. The number of ether oxygens (including phenoxy) is 1. The van der Waals surface area contributed by atoms with Gasteiger partial charge >= 0.3 is 0 Å². The Morgan fingerprint density at radius 1 is 0.864 bits per heavy atom. The first-order valence-electron chi connectivity index (χ1n) is 13.5. The number of sulfonamides is 2. The molecule has 15 heteroatoms. The second-order valence-corrected chi connectivity index (χ2v) is 13.5. The number of aryl methyl sites for hydroxylation is 2. The third-order valence-corrected chi connectivity index (χ3v) is 9.78. The molecule has 44 heavy (non-hydrogen) atoms. The lowest BCUT2D eigenvalue weighted by atomic mass is 10.1. The summed E-state index contributed by atoms with van der Waals surface area (Å²) in [4.78, 5) is 21.8. The van der Waals surface area contributed by atoms with Crippen LogP contribution in [0.15, 0.2) is 82.7 Å². The van der Waals surface area contributed by atoms with Crippen LogP contribution in [0.2, 0.25) is 0 Å². The fourth-order valence-corrected chi connectivity index (χ4v) is 6.72. The zero-order valence-corrected chi connectivity index (χ0v) is 25.6. The van der Waals surface area contributed by atoms with Crippen molar-refractivity contribution < 1.29 is 26.4 Å². The number of aromatic nitrogens is 2. The highest BCUT2D eigenvalue weighted by Gasteiger charge is 2.26. The van der Waals surface area contributed by atoms with Gasteiger partial charge in [-0.25, -0.2) is 27.0 Å². The Morgan fingerprint density at radius 2 is 1.57 bits per heavy atom. The van der Waals surface area contributed by atoms with E-state index in [9.17, 15) is 21.6 Å². The largest absolute Gasteiger partial charge is 0.379 e. The van der Waals surface area contributed by atoms with Gasteiger partial charge in [0.2, 0.25) is 26.0 Å². The number of primary sulfonamides is 1. The van der Waals surface area contributed by atoms with E-state index in [2.05, 4.69) is 25.9 Å². The molecular weight excluding hydrogens is 606 g/mol. The maximum absolute atomic E-state index is 13.1. The van der Waals surface area contributed by atoms with Crippen LogP contribution in [-0.2, 0) is 24.8 Å². The van der Waals surface area contributed by atoms with Crippen LogP contribution in [-0.4, -0.2) is 63.3 Å². The first-order chi connectivity index (χ1) is 20.9. The first kappa shape index (κ1) is 31.0. The van der Waals surface area contributed by atoms with Crippen LogP contribution in [0.3, 0.4) is 0 Å². The molecule has 0 spiro atoms. The molecule has 0 saturated carbocycles. The van der Waals surface area contributed by atoms with Crippen molar-refractivity contribution in [1.29, 1.82) is 0 Å². The Bertz CT molecular complexity index is 1910. The molecule has 1 aliphatic rings. The number of hydrogen-bond acceptors (Lipinski definition) is 10. The van der Waals surface area contributed by atoms with Gasteiger partial charge < -0.3 is 20.7 Å². The summed E-state index contributed by atoms with van der Waals surface area (Å²) in [6, 6.07) is 17.6. The number of carbonyl (C=O) groups is 1. The van der Waals surface area contributed by atoms with Gasteiger partial charge in [0.1, 0.15) is 5.82 Å². The Labute approximate surface area is 255 Å². The lowest BCUT2D eigenvalue weighted by Crippen LogP contribution is -2.40. The van der Waals surface area contributed by atoms with Crippen molar-refractivity contribution in [1.82, 2.24) is 14.3 Å². The molecule has 0 aliphatic carbocycles. The molecule has 1 saturated heterocycles. The van der Waals surface area contributed by atoms with E-state index < -0.39 is 26.0 Å². The van der Waals surface area contributed by atoms with Gasteiger partial charge in [0.05, 0.1) is 23.0 Å². The van der Waals surface area contributed by atoms with E-state index in [0.717, 1.165) is 5.56 Å². The number of morpholine rings is 1. The van der Waals surface area contributed by atoms with E-state index in [4.69, 9.17) is 9.88 Å². The van der Waals surface area contributed by atoms with Gasteiger partial charge in [-0.2, -0.15) is 9.29 Å². The Balaban J connectivity index is 1.26. The minimum absolute atomic E-state index is 0.0625. The quantitative estimate of drug-likeness (QED) is 0.212. The lowest BCUT2D eigenvalue weighted by molar-refractivity contribution is 0.0730. The fourth-order valence-electron chi connectivity index (χ4n) is 4.46. The highest BCUT2D eigenvalue weighted by Crippen LogP contribution is 2.25. The van der Waals surface area contributed by atoms with Gasteiger partial charge in [0.15, 0.2) is 0 Å². The first-order valence-corrected chi connectivity index (χ1v) is 16.5. The second kappa shape index (κ2) is 12.7. The summed E-state index contributed by atoms with van der Waals surface area (Å²) in [5.74, 6) is 0.329. The van der Waals surface area contributed by atoms with Gasteiger partial charge in [-0.3, -0.25) is 4.79 Å². The van der Waals surface area contributed by atoms with Crippen molar-refractivity contribution in [3.05, 3.63) is 89.6 Å². The monoisotopic (exact) mass is 637 g/mol. The zero-order chi connectivity index (χ0) is 31.5. The Kier molecular flexibility index (Phi) is 8.94. The van der Waals surface area contributed by atoms with Crippen molar-refractivity contribution in [2.45, 2.75) is 23.6 Å². The highest BCUT2D eigenvalue weighted by molar-refractivity contribution is 7.89. The van der Waals surface area contributed by atoms with E-state index in [1.807, 2.05) is 6.92 Å². The van der Waals surface area contributed by atoms with E-state index in [-0.39, 0.29) is 15.7 Å². The number of carbonyl (C=O) groups excluding carboxylic acids is 1. The summed E-state index contributed by atoms with van der Waals surface area (Å²) >= 11 is 0. The van der Waals surface area contributed by atoms with Gasteiger partial charge in [0.25, 0.3) is 5.91 Å². The predicted molar refractivity (Wildman–Crippen MR) is 166 cm³/mol. The molecule has 230 valence electrons. The van der Waals surface area contributed by atoms with Crippen LogP contribution in [0, 0.1) is 13.8 Å². The molecule has 1 aliphatic heterocycles. The maximum Gasteiger partial charge on any atom is 0.255 e. The molecule has 1 amide bonds. The van der Waals surface area contributed by atoms with Crippen molar-refractivity contribution in [2.75, 3.05) is 42.3 Å². The van der Waals surface area contributed by atoms with Gasteiger partial charge in [-0.05, 0) is 74.0 Å². The number of rotatable bonds is 9. The summed E-state index contributed by atoms with van der Waals surface area (Å²) in [6.07, 6.45) is 1.63. The molecule has 0 atom stereocenters. The Morgan fingerprint density at radius 3 is 2.27 bits per heavy atom. The second-order valence-electron chi connectivity index (χ2n) is 10.1. The molecule has 0 radical (unpaired) electrons. The molecule has 5 rings (SSSR count). The highest BCUT2D eigenvalue weighted by atomic mass is 32.2. The number of anilines is 5. The summed E-state index contributed by atoms with van der Waals surface area (Å²) in [5.41, 5.74) is 3.01. The van der Waals surface area contributed by atoms with Gasteiger partial charge in [-0.15, -0.1) is 0 Å². The standard InChI is InChI=1S/C29H31N7O6S2/c1-19-6-9-24(17-26(19)43(30,38)39)33-28(37)21-7-10-22(11-8-21)34-29-31-18-20(2)27(35-29)32-23-4-3-5-25(16-23)44(40,41)36-12-14-42-15-13-36/h3-11,16-18H,12-15H2,1-2H3,(H,33,37)(H2,30,38,39)(H2,31,32,34,35). The molecule has 0 unspecified atom stereocenters. The van der Waals surface area contributed by atoms with E-state index in [1.54, 1.807) is 73.8 Å². The van der Waals surface area contributed by atoms with Crippen molar-refractivity contribution in [3.63, 3.8) is 0 Å².